The summed E-state index contributed by atoms with van der Waals surface area (Å²) in [6.45, 7) is 4.49. The molecule has 0 aliphatic carbocycles. The molecule has 0 saturated carbocycles. The van der Waals surface area contributed by atoms with E-state index in [0.717, 1.165) is 28.3 Å². The van der Waals surface area contributed by atoms with E-state index in [4.69, 9.17) is 4.74 Å². The number of hydrogen-bond donors (Lipinski definition) is 2. The average Bonchev–Trinajstić information content (AvgIpc) is 3.34. The lowest BCUT2D eigenvalue weighted by Crippen LogP contribution is -2.22. The summed E-state index contributed by atoms with van der Waals surface area (Å²) in [6, 6.07) is 24.2. The van der Waals surface area contributed by atoms with Crippen molar-refractivity contribution in [3.63, 3.8) is 0 Å². The highest BCUT2D eigenvalue weighted by atomic mass is 32.2. The standard InChI is InChI=1S/C27H27N5O3S/c1-3-24(19-10-14-22(33)15-11-19)28-29-25(34)18-36-27-31-30-26(20-8-6-5-7-9-20)32(27)21-12-16-23(17-13-21)35-4-2/h5-17,33H,3-4,18H2,1-2H3,(H,29,34)/b28-24-. The van der Waals surface area contributed by atoms with Gasteiger partial charge in [0.25, 0.3) is 5.91 Å². The number of hydrazone groups is 1. The van der Waals surface area contributed by atoms with Crippen molar-refractivity contribution in [2.45, 2.75) is 25.4 Å². The van der Waals surface area contributed by atoms with Crippen LogP contribution in [-0.4, -0.2) is 43.8 Å². The number of nitrogens with one attached hydrogen (secondary N) is 1. The molecule has 0 bridgehead atoms. The molecule has 0 aliphatic heterocycles. The minimum atomic E-state index is -0.257. The largest absolute Gasteiger partial charge is 0.508 e. The Bertz CT molecular complexity index is 1320. The fourth-order valence-corrected chi connectivity index (χ4v) is 4.27. The summed E-state index contributed by atoms with van der Waals surface area (Å²) < 4.78 is 7.50. The second-order valence-corrected chi connectivity index (χ2v) is 8.66. The third-order valence-electron chi connectivity index (χ3n) is 5.25. The summed E-state index contributed by atoms with van der Waals surface area (Å²) in [5.74, 6) is 1.50. The van der Waals surface area contributed by atoms with Gasteiger partial charge in [-0.25, -0.2) is 5.43 Å². The van der Waals surface area contributed by atoms with E-state index in [1.807, 2.05) is 73.0 Å². The van der Waals surface area contributed by atoms with Crippen LogP contribution in [0.3, 0.4) is 0 Å². The topological polar surface area (TPSA) is 102 Å². The van der Waals surface area contributed by atoms with Crippen molar-refractivity contribution in [3.05, 3.63) is 84.4 Å². The number of aromatic nitrogens is 3. The number of phenols is 1. The van der Waals surface area contributed by atoms with E-state index in [0.29, 0.717) is 24.0 Å². The molecular formula is C27H27N5O3S. The van der Waals surface area contributed by atoms with Crippen molar-refractivity contribution in [1.82, 2.24) is 20.2 Å². The zero-order chi connectivity index (χ0) is 25.3. The lowest BCUT2D eigenvalue weighted by Gasteiger charge is -2.11. The van der Waals surface area contributed by atoms with Crippen LogP contribution in [0.25, 0.3) is 17.1 Å². The van der Waals surface area contributed by atoms with Crippen molar-refractivity contribution in [2.75, 3.05) is 12.4 Å². The van der Waals surface area contributed by atoms with Gasteiger partial charge in [0.15, 0.2) is 11.0 Å². The third kappa shape index (κ3) is 6.11. The van der Waals surface area contributed by atoms with Gasteiger partial charge in [0.1, 0.15) is 11.5 Å². The Hall–Kier alpha value is -4.11. The van der Waals surface area contributed by atoms with Gasteiger partial charge in [-0.05, 0) is 67.4 Å². The molecule has 1 aromatic heterocycles. The van der Waals surface area contributed by atoms with Crippen LogP contribution in [0.1, 0.15) is 25.8 Å². The fourth-order valence-electron chi connectivity index (χ4n) is 3.52. The maximum absolute atomic E-state index is 12.6. The predicted molar refractivity (Wildman–Crippen MR) is 142 cm³/mol. The molecule has 1 amide bonds. The molecule has 1 heterocycles. The number of rotatable bonds is 10. The number of amides is 1. The fraction of sp³-hybridized carbons (Fsp3) is 0.185. The van der Waals surface area contributed by atoms with Crippen molar-refractivity contribution < 1.29 is 14.6 Å². The van der Waals surface area contributed by atoms with Crippen LogP contribution in [0.5, 0.6) is 11.5 Å². The number of nitrogens with zero attached hydrogens (tertiary/aromatic N) is 4. The molecule has 0 atom stereocenters. The number of ether oxygens (including phenoxy) is 1. The van der Waals surface area contributed by atoms with Crippen LogP contribution in [0, 0.1) is 0 Å². The summed E-state index contributed by atoms with van der Waals surface area (Å²) >= 11 is 1.28. The zero-order valence-corrected chi connectivity index (χ0v) is 20.9. The number of hydrogen-bond acceptors (Lipinski definition) is 7. The molecule has 0 spiro atoms. The van der Waals surface area contributed by atoms with E-state index in [1.54, 1.807) is 24.3 Å². The molecule has 0 fully saturated rings. The first kappa shape index (κ1) is 25.0. The molecule has 3 aromatic carbocycles. The highest BCUT2D eigenvalue weighted by Gasteiger charge is 2.17. The molecule has 2 N–H and O–H groups in total. The number of aromatic hydroxyl groups is 1. The second-order valence-electron chi connectivity index (χ2n) is 7.72. The molecule has 9 heteroatoms. The molecule has 0 unspecified atom stereocenters. The zero-order valence-electron chi connectivity index (χ0n) is 20.1. The van der Waals surface area contributed by atoms with Crippen LogP contribution in [0.4, 0.5) is 0 Å². The van der Waals surface area contributed by atoms with Gasteiger partial charge in [0.2, 0.25) is 0 Å². The average molecular weight is 502 g/mol. The number of benzene rings is 3. The minimum Gasteiger partial charge on any atom is -0.508 e. The Kier molecular flexibility index (Phi) is 8.36. The van der Waals surface area contributed by atoms with Crippen LogP contribution in [0.15, 0.2) is 89.1 Å². The monoisotopic (exact) mass is 501 g/mol. The van der Waals surface area contributed by atoms with Gasteiger partial charge in [-0.3, -0.25) is 9.36 Å². The molecule has 0 radical (unpaired) electrons. The summed E-state index contributed by atoms with van der Waals surface area (Å²) in [6.07, 6.45) is 0.630. The first-order valence-electron chi connectivity index (χ1n) is 11.6. The van der Waals surface area contributed by atoms with E-state index >= 15 is 0 Å². The van der Waals surface area contributed by atoms with Gasteiger partial charge >= 0.3 is 0 Å². The Morgan fingerprint density at radius 2 is 1.72 bits per heavy atom. The van der Waals surface area contributed by atoms with Crippen molar-refractivity contribution in [2.24, 2.45) is 5.10 Å². The maximum Gasteiger partial charge on any atom is 0.250 e. The summed E-state index contributed by atoms with van der Waals surface area (Å²) in [5, 5.41) is 23.1. The molecule has 0 aliphatic rings. The summed E-state index contributed by atoms with van der Waals surface area (Å²) in [5.41, 5.74) is 5.97. The van der Waals surface area contributed by atoms with E-state index in [1.165, 1.54) is 11.8 Å². The van der Waals surface area contributed by atoms with Crippen LogP contribution in [-0.2, 0) is 4.79 Å². The van der Waals surface area contributed by atoms with Gasteiger partial charge < -0.3 is 9.84 Å². The maximum atomic E-state index is 12.6. The van der Waals surface area contributed by atoms with Gasteiger partial charge in [-0.2, -0.15) is 5.10 Å². The van der Waals surface area contributed by atoms with Gasteiger partial charge in [-0.1, -0.05) is 49.0 Å². The van der Waals surface area contributed by atoms with Crippen molar-refractivity contribution in [3.8, 4) is 28.6 Å². The first-order valence-corrected chi connectivity index (χ1v) is 12.6. The molecule has 184 valence electrons. The van der Waals surface area contributed by atoms with Gasteiger partial charge in [0, 0.05) is 11.3 Å². The Morgan fingerprint density at radius 3 is 2.39 bits per heavy atom. The predicted octanol–water partition coefficient (Wildman–Crippen LogP) is 5.06. The highest BCUT2D eigenvalue weighted by Crippen LogP contribution is 2.28. The van der Waals surface area contributed by atoms with E-state index in [9.17, 15) is 9.90 Å². The SMILES string of the molecule is CCOc1ccc(-n2c(SCC(=O)N/N=C(/CC)c3ccc(O)cc3)nnc2-c2ccccc2)cc1. The van der Waals surface area contributed by atoms with E-state index in [2.05, 4.69) is 20.7 Å². The van der Waals surface area contributed by atoms with Crippen molar-refractivity contribution >= 4 is 23.4 Å². The third-order valence-corrected chi connectivity index (χ3v) is 6.18. The van der Waals surface area contributed by atoms with E-state index < -0.39 is 0 Å². The summed E-state index contributed by atoms with van der Waals surface area (Å²) in [4.78, 5) is 12.6. The second kappa shape index (κ2) is 12.0. The van der Waals surface area contributed by atoms with Crippen LogP contribution >= 0.6 is 11.8 Å². The quantitative estimate of drug-likeness (QED) is 0.179. The van der Waals surface area contributed by atoms with Crippen LogP contribution < -0.4 is 10.2 Å². The number of thioether (sulfide) groups is 1. The van der Waals surface area contributed by atoms with Crippen LogP contribution in [0.2, 0.25) is 0 Å². The van der Waals surface area contributed by atoms with Gasteiger partial charge in [-0.15, -0.1) is 10.2 Å². The number of phenolic OH excluding ortho intramolecular Hbond substituents is 1. The molecular weight excluding hydrogens is 474 g/mol. The Morgan fingerprint density at radius 1 is 1.00 bits per heavy atom. The Labute approximate surface area is 214 Å². The van der Waals surface area contributed by atoms with Crippen molar-refractivity contribution in [1.29, 1.82) is 0 Å². The minimum absolute atomic E-state index is 0.111. The molecule has 36 heavy (non-hydrogen) atoms. The lowest BCUT2D eigenvalue weighted by molar-refractivity contribution is -0.118. The molecule has 8 nitrogen and oxygen atoms in total. The van der Waals surface area contributed by atoms with Gasteiger partial charge in [0.05, 0.1) is 18.1 Å². The number of carbonyl (C=O) groups is 1. The number of carbonyl (C=O) groups excluding carboxylic acids is 1. The molecule has 4 aromatic rings. The van der Waals surface area contributed by atoms with E-state index in [-0.39, 0.29) is 17.4 Å². The lowest BCUT2D eigenvalue weighted by atomic mass is 10.1. The molecule has 4 rings (SSSR count). The molecule has 0 saturated heterocycles. The smallest absolute Gasteiger partial charge is 0.250 e. The summed E-state index contributed by atoms with van der Waals surface area (Å²) in [7, 11) is 0. The first-order chi connectivity index (χ1) is 17.6. The normalized spacial score (nSPS) is 11.3. The Balaban J connectivity index is 1.53. The highest BCUT2D eigenvalue weighted by molar-refractivity contribution is 7.99.